The zero-order chi connectivity index (χ0) is 19.3. The summed E-state index contributed by atoms with van der Waals surface area (Å²) in [5.41, 5.74) is 0.596. The first-order valence-corrected chi connectivity index (χ1v) is 8.88. The van der Waals surface area contributed by atoms with Crippen LogP contribution >= 0.6 is 11.3 Å². The molecule has 2 N–H and O–H groups in total. The van der Waals surface area contributed by atoms with Gasteiger partial charge in [0.25, 0.3) is 0 Å². The number of hydrogen-bond acceptors (Lipinski definition) is 6. The molecule has 0 unspecified atom stereocenters. The van der Waals surface area contributed by atoms with Gasteiger partial charge in [-0.3, -0.25) is 9.59 Å². The van der Waals surface area contributed by atoms with Gasteiger partial charge in [0.1, 0.15) is 11.5 Å². The number of methoxy groups -OCH3 is 2. The van der Waals surface area contributed by atoms with Gasteiger partial charge in [-0.15, -0.1) is 11.3 Å². The van der Waals surface area contributed by atoms with Gasteiger partial charge < -0.3 is 20.1 Å². The Morgan fingerprint density at radius 1 is 1.15 bits per heavy atom. The molecule has 26 heavy (non-hydrogen) atoms. The maximum absolute atomic E-state index is 12.3. The summed E-state index contributed by atoms with van der Waals surface area (Å²) in [6.07, 6.45) is 0.0856. The van der Waals surface area contributed by atoms with E-state index in [0.29, 0.717) is 28.0 Å². The Balaban J connectivity index is 2.02. The first kappa shape index (κ1) is 19.7. The molecule has 0 saturated heterocycles. The molecule has 1 aromatic carbocycles. The number of ether oxygens (including phenoxy) is 2. The fourth-order valence-electron chi connectivity index (χ4n) is 2.00. The highest BCUT2D eigenvalue weighted by atomic mass is 32.1. The predicted molar refractivity (Wildman–Crippen MR) is 102 cm³/mol. The molecule has 0 spiro atoms. The molecular weight excluding hydrogens is 354 g/mol. The van der Waals surface area contributed by atoms with Gasteiger partial charge in [0, 0.05) is 16.9 Å². The molecular formula is C18H23N3O4S. The quantitative estimate of drug-likeness (QED) is 0.806. The number of nitrogens with one attached hydrogen (secondary N) is 2. The molecule has 0 aliphatic heterocycles. The molecule has 0 fully saturated rings. The van der Waals surface area contributed by atoms with Gasteiger partial charge in [-0.2, -0.15) is 0 Å². The summed E-state index contributed by atoms with van der Waals surface area (Å²) in [6.45, 7) is 5.48. The molecule has 7 nitrogen and oxygen atoms in total. The zero-order valence-corrected chi connectivity index (χ0v) is 16.3. The van der Waals surface area contributed by atoms with E-state index in [2.05, 4.69) is 15.6 Å². The van der Waals surface area contributed by atoms with Crippen molar-refractivity contribution in [1.82, 2.24) is 4.98 Å². The van der Waals surface area contributed by atoms with Crippen LogP contribution in [0.15, 0.2) is 23.6 Å². The Kier molecular flexibility index (Phi) is 6.20. The lowest BCUT2D eigenvalue weighted by atomic mass is 9.96. The van der Waals surface area contributed by atoms with Crippen LogP contribution in [0.25, 0.3) is 0 Å². The van der Waals surface area contributed by atoms with Crippen molar-refractivity contribution in [2.75, 3.05) is 24.9 Å². The van der Waals surface area contributed by atoms with Crippen molar-refractivity contribution in [1.29, 1.82) is 0 Å². The number of anilines is 2. The minimum absolute atomic E-state index is 0.0856. The summed E-state index contributed by atoms with van der Waals surface area (Å²) in [5, 5.41) is 7.78. The Morgan fingerprint density at radius 2 is 1.88 bits per heavy atom. The van der Waals surface area contributed by atoms with E-state index in [1.54, 1.807) is 30.7 Å². The van der Waals surface area contributed by atoms with Gasteiger partial charge >= 0.3 is 0 Å². The first-order chi connectivity index (χ1) is 12.2. The summed E-state index contributed by atoms with van der Waals surface area (Å²) >= 11 is 1.29. The maximum atomic E-state index is 12.3. The Morgan fingerprint density at radius 3 is 2.50 bits per heavy atom. The fourth-order valence-corrected chi connectivity index (χ4v) is 2.71. The van der Waals surface area contributed by atoms with Crippen molar-refractivity contribution in [3.63, 3.8) is 0 Å². The van der Waals surface area contributed by atoms with Crippen molar-refractivity contribution in [3.8, 4) is 11.5 Å². The van der Waals surface area contributed by atoms with Crippen LogP contribution in [0.4, 0.5) is 10.8 Å². The minimum Gasteiger partial charge on any atom is -0.497 e. The summed E-state index contributed by atoms with van der Waals surface area (Å²) in [4.78, 5) is 28.6. The van der Waals surface area contributed by atoms with E-state index in [-0.39, 0.29) is 18.2 Å². The topological polar surface area (TPSA) is 89.5 Å². The van der Waals surface area contributed by atoms with Gasteiger partial charge in [0.05, 0.1) is 32.0 Å². The molecule has 2 amide bonds. The summed E-state index contributed by atoms with van der Waals surface area (Å²) in [6, 6.07) is 5.16. The third kappa shape index (κ3) is 5.19. The van der Waals surface area contributed by atoms with Gasteiger partial charge in [0.2, 0.25) is 11.8 Å². The standard InChI is InChI=1S/C18H23N3O4S/c1-18(2,3)16(23)21-17-19-11(10-26-17)8-15(22)20-13-9-12(24-4)6-7-14(13)25-5/h6-7,9-10H,8H2,1-5H3,(H,20,22)(H,19,21,23). The number of nitrogens with zero attached hydrogens (tertiary/aromatic N) is 1. The van der Waals surface area contributed by atoms with E-state index in [9.17, 15) is 9.59 Å². The summed E-state index contributed by atoms with van der Waals surface area (Å²) < 4.78 is 10.4. The zero-order valence-electron chi connectivity index (χ0n) is 15.5. The molecule has 1 heterocycles. The van der Waals surface area contributed by atoms with Crippen LogP contribution in [0.3, 0.4) is 0 Å². The van der Waals surface area contributed by atoms with E-state index in [0.717, 1.165) is 0 Å². The second-order valence-corrected chi connectivity index (χ2v) is 7.50. The van der Waals surface area contributed by atoms with Crippen LogP contribution in [0, 0.1) is 5.41 Å². The van der Waals surface area contributed by atoms with Gasteiger partial charge in [-0.1, -0.05) is 20.8 Å². The van der Waals surface area contributed by atoms with Gasteiger partial charge in [0.15, 0.2) is 5.13 Å². The molecule has 0 atom stereocenters. The first-order valence-electron chi connectivity index (χ1n) is 8.00. The molecule has 8 heteroatoms. The minimum atomic E-state index is -0.508. The largest absolute Gasteiger partial charge is 0.497 e. The highest BCUT2D eigenvalue weighted by Gasteiger charge is 2.22. The van der Waals surface area contributed by atoms with Crippen molar-refractivity contribution in [2.24, 2.45) is 5.41 Å². The number of benzene rings is 1. The molecule has 0 aliphatic carbocycles. The average molecular weight is 377 g/mol. The predicted octanol–water partition coefficient (Wildman–Crippen LogP) is 3.33. The number of carbonyl (C=O) groups excluding carboxylic acids is 2. The van der Waals surface area contributed by atoms with E-state index in [1.165, 1.54) is 18.4 Å². The number of thiazole rings is 1. The molecule has 2 aromatic rings. The Labute approximate surface area is 156 Å². The molecule has 1 aromatic heterocycles. The summed E-state index contributed by atoms with van der Waals surface area (Å²) in [5.74, 6) is 0.789. The Hall–Kier alpha value is -2.61. The molecule has 2 rings (SSSR count). The van der Waals surface area contributed by atoms with Gasteiger partial charge in [-0.25, -0.2) is 4.98 Å². The SMILES string of the molecule is COc1ccc(OC)c(NC(=O)Cc2csc(NC(=O)C(C)(C)C)n2)c1. The van der Waals surface area contributed by atoms with E-state index in [4.69, 9.17) is 9.47 Å². The molecule has 0 aliphatic rings. The summed E-state index contributed by atoms with van der Waals surface area (Å²) in [7, 11) is 3.08. The highest BCUT2D eigenvalue weighted by Crippen LogP contribution is 2.29. The normalized spacial score (nSPS) is 11.0. The van der Waals surface area contributed by atoms with E-state index >= 15 is 0 Å². The van der Waals surface area contributed by atoms with Crippen LogP contribution in [0.5, 0.6) is 11.5 Å². The number of carbonyl (C=O) groups is 2. The molecule has 0 radical (unpaired) electrons. The number of rotatable bonds is 6. The van der Waals surface area contributed by atoms with Crippen molar-refractivity contribution < 1.29 is 19.1 Å². The Bertz CT molecular complexity index is 796. The van der Waals surface area contributed by atoms with Gasteiger partial charge in [-0.05, 0) is 12.1 Å². The second-order valence-electron chi connectivity index (χ2n) is 6.64. The fraction of sp³-hybridized carbons (Fsp3) is 0.389. The van der Waals surface area contributed by atoms with Crippen LogP contribution in [0.1, 0.15) is 26.5 Å². The van der Waals surface area contributed by atoms with Crippen molar-refractivity contribution >= 4 is 34.0 Å². The lowest BCUT2D eigenvalue weighted by molar-refractivity contribution is -0.123. The average Bonchev–Trinajstić information content (AvgIpc) is 3.00. The highest BCUT2D eigenvalue weighted by molar-refractivity contribution is 7.13. The van der Waals surface area contributed by atoms with Crippen LogP contribution in [0.2, 0.25) is 0 Å². The molecule has 0 bridgehead atoms. The van der Waals surface area contributed by atoms with E-state index in [1.807, 2.05) is 20.8 Å². The molecule has 0 saturated carbocycles. The van der Waals surface area contributed by atoms with Crippen molar-refractivity contribution in [2.45, 2.75) is 27.2 Å². The smallest absolute Gasteiger partial charge is 0.231 e. The lowest BCUT2D eigenvalue weighted by Crippen LogP contribution is -2.27. The van der Waals surface area contributed by atoms with Crippen LogP contribution in [-0.4, -0.2) is 31.0 Å². The second kappa shape index (κ2) is 8.18. The number of amides is 2. The van der Waals surface area contributed by atoms with Crippen LogP contribution in [-0.2, 0) is 16.0 Å². The third-order valence-electron chi connectivity index (χ3n) is 3.48. The number of aromatic nitrogens is 1. The van der Waals surface area contributed by atoms with Crippen molar-refractivity contribution in [3.05, 3.63) is 29.3 Å². The third-order valence-corrected chi connectivity index (χ3v) is 4.28. The maximum Gasteiger partial charge on any atom is 0.231 e. The number of hydrogen-bond donors (Lipinski definition) is 2. The van der Waals surface area contributed by atoms with E-state index < -0.39 is 5.41 Å². The molecule has 140 valence electrons. The monoisotopic (exact) mass is 377 g/mol. The van der Waals surface area contributed by atoms with Crippen LogP contribution < -0.4 is 20.1 Å². The lowest BCUT2D eigenvalue weighted by Gasteiger charge is -2.15.